The van der Waals surface area contributed by atoms with Crippen LogP contribution in [0, 0.1) is 13.8 Å². The van der Waals surface area contributed by atoms with Gasteiger partial charge in [-0.15, -0.1) is 0 Å². The molecule has 0 saturated heterocycles. The quantitative estimate of drug-likeness (QED) is 0.313. The van der Waals surface area contributed by atoms with Crippen LogP contribution in [0.15, 0.2) is 27.3 Å². The SMILES string of the molecule is CCC1=C(C)C(C=c2[nH]c(=Cc3[nH]c(CC4NC(=O)C(CC)=C4C)c(C)c3CCC(=O)OC)c(CCC(=O)OC)c2C)=NC1=O. The van der Waals surface area contributed by atoms with Crippen LogP contribution in [0.25, 0.3) is 12.2 Å². The predicted octanol–water partition coefficient (Wildman–Crippen LogP) is 3.26. The van der Waals surface area contributed by atoms with Crippen molar-refractivity contribution in [3.63, 3.8) is 0 Å². The number of H-pyrrole nitrogens is 2. The topological polar surface area (TPSA) is 143 Å². The lowest BCUT2D eigenvalue weighted by molar-refractivity contribution is -0.141. The van der Waals surface area contributed by atoms with Gasteiger partial charge in [-0.25, -0.2) is 4.99 Å². The minimum Gasteiger partial charge on any atom is -0.469 e. The minimum absolute atomic E-state index is 0.0208. The normalized spacial score (nSPS) is 17.5. The summed E-state index contributed by atoms with van der Waals surface area (Å²) in [7, 11) is 2.75. The highest BCUT2D eigenvalue weighted by Crippen LogP contribution is 2.27. The highest BCUT2D eigenvalue weighted by atomic mass is 16.5. The van der Waals surface area contributed by atoms with Crippen LogP contribution in [0.2, 0.25) is 0 Å². The Bertz CT molecular complexity index is 1760. The van der Waals surface area contributed by atoms with Crippen molar-refractivity contribution >= 4 is 41.6 Å². The number of hydrogen-bond donors (Lipinski definition) is 3. The average Bonchev–Trinajstić information content (AvgIpc) is 3.66. The van der Waals surface area contributed by atoms with Crippen molar-refractivity contribution in [3.8, 4) is 0 Å². The molecule has 0 bridgehead atoms. The summed E-state index contributed by atoms with van der Waals surface area (Å²) in [6.45, 7) is 11.8. The Morgan fingerprint density at radius 2 is 1.44 bits per heavy atom. The van der Waals surface area contributed by atoms with Gasteiger partial charge in [-0.2, -0.15) is 0 Å². The van der Waals surface area contributed by atoms with Gasteiger partial charge in [0.25, 0.3) is 5.91 Å². The molecule has 2 aliphatic rings. The molecule has 4 rings (SSSR count). The summed E-state index contributed by atoms with van der Waals surface area (Å²) in [5.41, 5.74) is 9.76. The highest BCUT2D eigenvalue weighted by molar-refractivity contribution is 6.30. The van der Waals surface area contributed by atoms with Gasteiger partial charge in [-0.3, -0.25) is 19.2 Å². The van der Waals surface area contributed by atoms with E-state index in [0.717, 1.165) is 61.1 Å². The molecule has 2 amide bonds. The van der Waals surface area contributed by atoms with Gasteiger partial charge >= 0.3 is 11.9 Å². The second-order valence-electron chi connectivity index (χ2n) is 11.6. The van der Waals surface area contributed by atoms with Gasteiger partial charge in [0, 0.05) is 52.5 Å². The number of allylic oxidation sites excluding steroid dienone is 1. The lowest BCUT2D eigenvalue weighted by atomic mass is 9.98. The van der Waals surface area contributed by atoms with Crippen molar-refractivity contribution in [3.05, 3.63) is 66.6 Å². The van der Waals surface area contributed by atoms with Crippen LogP contribution >= 0.6 is 0 Å². The number of amides is 2. The summed E-state index contributed by atoms with van der Waals surface area (Å²) >= 11 is 0. The molecule has 10 heteroatoms. The first-order chi connectivity index (χ1) is 21.4. The van der Waals surface area contributed by atoms with Gasteiger partial charge in [-0.05, 0) is 98.9 Å². The number of nitrogens with one attached hydrogen (secondary N) is 3. The van der Waals surface area contributed by atoms with Gasteiger partial charge in [0.05, 0.1) is 26.0 Å². The van der Waals surface area contributed by atoms with Gasteiger partial charge in [-0.1, -0.05) is 13.8 Å². The molecule has 2 aromatic rings. The van der Waals surface area contributed by atoms with Gasteiger partial charge in [0.1, 0.15) is 0 Å². The van der Waals surface area contributed by atoms with Crippen LogP contribution in [0.3, 0.4) is 0 Å². The molecule has 0 aliphatic carbocycles. The van der Waals surface area contributed by atoms with E-state index in [-0.39, 0.29) is 42.6 Å². The van der Waals surface area contributed by atoms with Gasteiger partial charge in [0.2, 0.25) is 5.91 Å². The number of methoxy groups -OCH3 is 2. The fourth-order valence-corrected chi connectivity index (χ4v) is 6.30. The number of hydrogen-bond acceptors (Lipinski definition) is 6. The largest absolute Gasteiger partial charge is 0.469 e. The Balaban J connectivity index is 1.85. The fraction of sp³-hybridized carbons (Fsp3) is 0.457. The summed E-state index contributed by atoms with van der Waals surface area (Å²) < 4.78 is 9.85. The molecule has 1 atom stereocenters. The molecule has 0 saturated carbocycles. The number of carbonyl (C=O) groups excluding carboxylic acids is 4. The maximum Gasteiger partial charge on any atom is 0.305 e. The van der Waals surface area contributed by atoms with E-state index >= 15 is 0 Å². The van der Waals surface area contributed by atoms with Crippen LogP contribution < -0.4 is 16.0 Å². The number of rotatable bonds is 12. The van der Waals surface area contributed by atoms with E-state index in [1.165, 1.54) is 14.2 Å². The Morgan fingerprint density at radius 3 is 2.00 bits per heavy atom. The van der Waals surface area contributed by atoms with Crippen LogP contribution in [0.4, 0.5) is 0 Å². The summed E-state index contributed by atoms with van der Waals surface area (Å²) in [4.78, 5) is 60.6. The monoisotopic (exact) mass is 616 g/mol. The zero-order valence-corrected chi connectivity index (χ0v) is 27.6. The van der Waals surface area contributed by atoms with E-state index < -0.39 is 0 Å². The van der Waals surface area contributed by atoms with Crippen LogP contribution in [-0.2, 0) is 47.9 Å². The summed E-state index contributed by atoms with van der Waals surface area (Å²) in [6.07, 6.45) is 7.09. The summed E-state index contributed by atoms with van der Waals surface area (Å²) in [5, 5.41) is 4.71. The van der Waals surface area contributed by atoms with Gasteiger partial charge < -0.3 is 24.8 Å². The maximum atomic E-state index is 12.5. The number of aliphatic imine (C=N–C) groups is 1. The lowest BCUT2D eigenvalue weighted by Gasteiger charge is -2.12. The zero-order chi connectivity index (χ0) is 33.0. The molecule has 2 aromatic heterocycles. The molecule has 0 aromatic carbocycles. The third-order valence-electron chi connectivity index (χ3n) is 9.16. The van der Waals surface area contributed by atoms with E-state index in [0.29, 0.717) is 43.4 Å². The average molecular weight is 617 g/mol. The first-order valence-electron chi connectivity index (χ1n) is 15.5. The second-order valence-corrected chi connectivity index (χ2v) is 11.6. The second kappa shape index (κ2) is 14.1. The Hall–Kier alpha value is -4.47. The standard InChI is InChI=1S/C35H44N4O6/c1-9-22-18(3)28(38-34(22)42)15-26-20(5)24(11-13-32(40)44-7)30(36-26)17-31-25(12-14-33(41)45-8)21(6)27(37-31)16-29-19(4)23(10-2)35(43)39-29/h15,17,29,36-37H,9-14,16H2,1-8H3,(H,39,43). The number of aromatic nitrogens is 2. The van der Waals surface area contributed by atoms with Crippen molar-refractivity contribution in [2.24, 2.45) is 4.99 Å². The lowest BCUT2D eigenvalue weighted by Crippen LogP contribution is -2.30. The molecule has 2 aliphatic heterocycles. The van der Waals surface area contributed by atoms with Crippen molar-refractivity contribution in [2.45, 2.75) is 92.5 Å². The molecular weight excluding hydrogens is 572 g/mol. The maximum absolute atomic E-state index is 12.5. The van der Waals surface area contributed by atoms with Crippen molar-refractivity contribution in [1.82, 2.24) is 15.3 Å². The number of aromatic amines is 2. The van der Waals surface area contributed by atoms with Crippen molar-refractivity contribution in [1.29, 1.82) is 0 Å². The van der Waals surface area contributed by atoms with E-state index in [1.807, 2.05) is 53.7 Å². The van der Waals surface area contributed by atoms with E-state index in [2.05, 4.69) is 20.3 Å². The van der Waals surface area contributed by atoms with E-state index in [1.54, 1.807) is 0 Å². The molecule has 3 N–H and O–H groups in total. The van der Waals surface area contributed by atoms with Gasteiger partial charge in [0.15, 0.2) is 0 Å². The van der Waals surface area contributed by atoms with Crippen LogP contribution in [0.5, 0.6) is 0 Å². The third-order valence-corrected chi connectivity index (χ3v) is 9.16. The molecule has 240 valence electrons. The molecular formula is C35H44N4O6. The third kappa shape index (κ3) is 6.95. The Labute approximate surface area is 263 Å². The van der Waals surface area contributed by atoms with E-state index in [4.69, 9.17) is 9.47 Å². The first-order valence-corrected chi connectivity index (χ1v) is 15.5. The predicted molar refractivity (Wildman–Crippen MR) is 173 cm³/mol. The molecule has 45 heavy (non-hydrogen) atoms. The van der Waals surface area contributed by atoms with Crippen LogP contribution in [-0.4, -0.2) is 59.7 Å². The van der Waals surface area contributed by atoms with E-state index in [9.17, 15) is 19.2 Å². The smallest absolute Gasteiger partial charge is 0.305 e. The Morgan fingerprint density at radius 1 is 0.822 bits per heavy atom. The molecule has 0 spiro atoms. The number of carbonyl (C=O) groups is 4. The Kier molecular flexibility index (Phi) is 10.5. The molecule has 1 unspecified atom stereocenters. The first kappa shape index (κ1) is 33.4. The van der Waals surface area contributed by atoms with Crippen LogP contribution in [0.1, 0.15) is 87.0 Å². The molecule has 0 radical (unpaired) electrons. The molecule has 0 fully saturated rings. The number of esters is 2. The van der Waals surface area contributed by atoms with Crippen molar-refractivity contribution < 1.29 is 28.7 Å². The number of ether oxygens (including phenoxy) is 2. The van der Waals surface area contributed by atoms with Crippen molar-refractivity contribution in [2.75, 3.05) is 14.2 Å². The summed E-state index contributed by atoms with van der Waals surface area (Å²) in [6, 6.07) is -0.116. The highest BCUT2D eigenvalue weighted by Gasteiger charge is 2.29. The zero-order valence-electron chi connectivity index (χ0n) is 27.6. The molecule has 4 heterocycles. The number of nitrogens with zero attached hydrogens (tertiary/aromatic N) is 1. The minimum atomic E-state index is -0.311. The summed E-state index contributed by atoms with van der Waals surface area (Å²) in [5.74, 6) is -0.838. The fourth-order valence-electron chi connectivity index (χ4n) is 6.30. The molecule has 10 nitrogen and oxygen atoms in total.